The molecule has 0 saturated carbocycles. The first-order valence-corrected chi connectivity index (χ1v) is 14.6. The summed E-state index contributed by atoms with van der Waals surface area (Å²) in [7, 11) is -2.12. The van der Waals surface area contributed by atoms with Crippen LogP contribution in [-0.2, 0) is 26.2 Å². The number of nitrogens with one attached hydrogen (secondary N) is 1. The van der Waals surface area contributed by atoms with Crippen LogP contribution in [0.1, 0.15) is 45.1 Å². The zero-order valence-electron chi connectivity index (χ0n) is 21.4. The Hall–Kier alpha value is -2.59. The Morgan fingerprint density at radius 3 is 2.36 bits per heavy atom. The van der Waals surface area contributed by atoms with Crippen LogP contribution in [0.3, 0.4) is 0 Å². The molecule has 2 amide bonds. The number of nitrogens with zero attached hydrogens (tertiary/aromatic N) is 2. The molecule has 36 heavy (non-hydrogen) atoms. The van der Waals surface area contributed by atoms with Crippen LogP contribution >= 0.6 is 15.9 Å². The van der Waals surface area contributed by atoms with Gasteiger partial charge in [-0.1, -0.05) is 53.5 Å². The van der Waals surface area contributed by atoms with Gasteiger partial charge in [0.2, 0.25) is 21.8 Å². The van der Waals surface area contributed by atoms with E-state index in [4.69, 9.17) is 4.74 Å². The van der Waals surface area contributed by atoms with Gasteiger partial charge in [-0.15, -0.1) is 0 Å². The fourth-order valence-corrected chi connectivity index (χ4v) is 4.96. The summed E-state index contributed by atoms with van der Waals surface area (Å²) in [5.74, 6) is 0.00808. The minimum Gasteiger partial charge on any atom is -0.495 e. The van der Waals surface area contributed by atoms with Crippen LogP contribution in [0.4, 0.5) is 5.69 Å². The van der Waals surface area contributed by atoms with Gasteiger partial charge >= 0.3 is 0 Å². The lowest BCUT2D eigenvalue weighted by molar-refractivity contribution is -0.140. The number of carbonyl (C=O) groups is 2. The molecule has 2 aromatic carbocycles. The molecular weight excluding hydrogens is 546 g/mol. The molecule has 198 valence electrons. The maximum Gasteiger partial charge on any atom is 0.242 e. The number of rotatable bonds is 14. The number of amides is 2. The molecule has 10 heteroatoms. The number of carbonyl (C=O) groups excluding carboxylic acids is 2. The number of hydrogen-bond acceptors (Lipinski definition) is 5. The molecule has 0 heterocycles. The maximum atomic E-state index is 13.3. The van der Waals surface area contributed by atoms with Gasteiger partial charge in [-0.05, 0) is 49.6 Å². The highest BCUT2D eigenvalue weighted by molar-refractivity contribution is 9.10. The van der Waals surface area contributed by atoms with E-state index in [2.05, 4.69) is 21.2 Å². The van der Waals surface area contributed by atoms with Gasteiger partial charge in [-0.25, -0.2) is 8.42 Å². The number of para-hydroxylation sites is 2. The van der Waals surface area contributed by atoms with Crippen molar-refractivity contribution < 1.29 is 22.7 Å². The number of hydrogen-bond donors (Lipinski definition) is 1. The van der Waals surface area contributed by atoms with Crippen LogP contribution in [0.25, 0.3) is 0 Å². The van der Waals surface area contributed by atoms with Crippen LogP contribution in [-0.4, -0.2) is 57.6 Å². The van der Waals surface area contributed by atoms with Gasteiger partial charge in [-0.3, -0.25) is 13.9 Å². The smallest absolute Gasteiger partial charge is 0.242 e. The van der Waals surface area contributed by atoms with E-state index in [0.29, 0.717) is 18.0 Å². The number of benzene rings is 2. The van der Waals surface area contributed by atoms with Crippen LogP contribution in [0.2, 0.25) is 0 Å². The summed E-state index contributed by atoms with van der Waals surface area (Å²) < 4.78 is 32.5. The molecule has 0 bridgehead atoms. The molecule has 8 nitrogen and oxygen atoms in total. The summed E-state index contributed by atoms with van der Waals surface area (Å²) >= 11 is 3.41. The fourth-order valence-electron chi connectivity index (χ4n) is 3.72. The molecule has 0 spiro atoms. The summed E-state index contributed by atoms with van der Waals surface area (Å²) in [5, 5.41) is 2.90. The Bertz CT molecular complexity index is 1110. The van der Waals surface area contributed by atoms with E-state index in [1.807, 2.05) is 31.2 Å². The van der Waals surface area contributed by atoms with Gasteiger partial charge in [0, 0.05) is 30.5 Å². The number of sulfonamides is 1. The van der Waals surface area contributed by atoms with Gasteiger partial charge in [0.05, 0.1) is 19.1 Å². The van der Waals surface area contributed by atoms with Gasteiger partial charge in [0.15, 0.2) is 0 Å². The van der Waals surface area contributed by atoms with E-state index >= 15 is 0 Å². The average Bonchev–Trinajstić information content (AvgIpc) is 2.85. The molecule has 2 aromatic rings. The van der Waals surface area contributed by atoms with E-state index in [0.717, 1.165) is 29.1 Å². The van der Waals surface area contributed by atoms with E-state index in [1.165, 1.54) is 11.4 Å². The molecule has 0 saturated heterocycles. The van der Waals surface area contributed by atoms with E-state index < -0.39 is 16.1 Å². The predicted molar refractivity (Wildman–Crippen MR) is 146 cm³/mol. The third kappa shape index (κ3) is 8.81. The highest BCUT2D eigenvalue weighted by Gasteiger charge is 2.27. The number of unbranched alkanes of at least 4 members (excludes halogenated alkanes) is 1. The van der Waals surface area contributed by atoms with Gasteiger partial charge in [0.1, 0.15) is 11.8 Å². The van der Waals surface area contributed by atoms with Crippen molar-refractivity contribution in [2.24, 2.45) is 0 Å². The fraction of sp³-hybridized carbons (Fsp3) is 0.462. The molecule has 0 aromatic heterocycles. The van der Waals surface area contributed by atoms with Gasteiger partial charge < -0.3 is 15.0 Å². The predicted octanol–water partition coefficient (Wildman–Crippen LogP) is 4.34. The van der Waals surface area contributed by atoms with Crippen molar-refractivity contribution in [3.05, 3.63) is 58.6 Å². The Morgan fingerprint density at radius 1 is 1.08 bits per heavy atom. The second kappa shape index (κ2) is 14.2. The van der Waals surface area contributed by atoms with Crippen molar-refractivity contribution in [1.29, 1.82) is 0 Å². The largest absolute Gasteiger partial charge is 0.495 e. The molecule has 0 radical (unpaired) electrons. The second-order valence-corrected chi connectivity index (χ2v) is 11.4. The van der Waals surface area contributed by atoms with Crippen molar-refractivity contribution in [3.8, 4) is 5.75 Å². The first-order chi connectivity index (χ1) is 17.1. The Balaban J connectivity index is 2.16. The molecule has 1 unspecified atom stereocenters. The Kier molecular flexibility index (Phi) is 11.7. The number of methoxy groups -OCH3 is 1. The van der Waals surface area contributed by atoms with Crippen molar-refractivity contribution in [3.63, 3.8) is 0 Å². The molecule has 1 N–H and O–H groups in total. The molecule has 0 fully saturated rings. The first-order valence-electron chi connectivity index (χ1n) is 12.0. The number of ether oxygens (including phenoxy) is 1. The third-order valence-electron chi connectivity index (χ3n) is 5.77. The molecule has 0 aliphatic rings. The minimum absolute atomic E-state index is 0.0876. The highest BCUT2D eigenvalue weighted by atomic mass is 79.9. The summed E-state index contributed by atoms with van der Waals surface area (Å²) in [6, 6.07) is 13.8. The summed E-state index contributed by atoms with van der Waals surface area (Å²) in [4.78, 5) is 27.6. The normalized spacial score (nSPS) is 12.0. The van der Waals surface area contributed by atoms with Crippen LogP contribution in [0.15, 0.2) is 53.0 Å². The quantitative estimate of drug-likeness (QED) is 0.335. The Morgan fingerprint density at radius 2 is 1.75 bits per heavy atom. The van der Waals surface area contributed by atoms with E-state index in [-0.39, 0.29) is 37.7 Å². The third-order valence-corrected chi connectivity index (χ3v) is 7.48. The van der Waals surface area contributed by atoms with Crippen LogP contribution in [0, 0.1) is 0 Å². The maximum absolute atomic E-state index is 13.3. The number of anilines is 1. The first kappa shape index (κ1) is 29.6. The monoisotopic (exact) mass is 581 g/mol. The lowest BCUT2D eigenvalue weighted by Gasteiger charge is -2.29. The van der Waals surface area contributed by atoms with Gasteiger partial charge in [0.25, 0.3) is 0 Å². The summed E-state index contributed by atoms with van der Waals surface area (Å²) in [5.41, 5.74) is 1.32. The van der Waals surface area contributed by atoms with Crippen molar-refractivity contribution in [2.75, 3.05) is 30.8 Å². The van der Waals surface area contributed by atoms with Crippen molar-refractivity contribution >= 4 is 43.5 Å². The van der Waals surface area contributed by atoms with E-state index in [1.54, 1.807) is 36.1 Å². The molecule has 1 atom stereocenters. The van der Waals surface area contributed by atoms with Crippen LogP contribution in [0.5, 0.6) is 5.75 Å². The molecule has 2 rings (SSSR count). The molecule has 0 aliphatic carbocycles. The zero-order chi connectivity index (χ0) is 26.7. The summed E-state index contributed by atoms with van der Waals surface area (Å²) in [6.45, 7) is 4.70. The summed E-state index contributed by atoms with van der Waals surface area (Å²) in [6.07, 6.45) is 3.32. The Labute approximate surface area is 223 Å². The lowest BCUT2D eigenvalue weighted by Crippen LogP contribution is -2.48. The SMILES string of the molecule is CCCCNC(=O)C(C)N(Cc1ccc(Br)cc1)C(=O)CCCN(c1ccccc1OC)S(C)(=O)=O. The van der Waals surface area contributed by atoms with E-state index in [9.17, 15) is 18.0 Å². The second-order valence-electron chi connectivity index (χ2n) is 8.58. The highest BCUT2D eigenvalue weighted by Crippen LogP contribution is 2.29. The minimum atomic E-state index is -3.60. The van der Waals surface area contributed by atoms with Gasteiger partial charge in [-0.2, -0.15) is 0 Å². The molecular formula is C26H36BrN3O5S. The van der Waals surface area contributed by atoms with Crippen LogP contribution < -0.4 is 14.4 Å². The average molecular weight is 583 g/mol. The standard InChI is InChI=1S/C26H36BrN3O5S/c1-5-6-17-28-26(32)20(2)29(19-21-13-15-22(27)16-14-21)25(31)12-9-18-30(36(4,33)34)23-10-7-8-11-24(23)35-3/h7-8,10-11,13-16,20H,5-6,9,12,17-19H2,1-4H3,(H,28,32). The number of halogens is 1. The topological polar surface area (TPSA) is 96.0 Å². The van der Waals surface area contributed by atoms with Crippen molar-refractivity contribution in [2.45, 2.75) is 52.1 Å². The lowest BCUT2D eigenvalue weighted by atomic mass is 10.1. The molecule has 0 aliphatic heterocycles. The zero-order valence-corrected chi connectivity index (χ0v) is 23.8. The van der Waals surface area contributed by atoms with Crippen molar-refractivity contribution in [1.82, 2.24) is 10.2 Å².